The second-order valence-electron chi connectivity index (χ2n) is 6.02. The van der Waals surface area contributed by atoms with Gasteiger partial charge in [-0.1, -0.05) is 13.0 Å². The number of nitrogens with zero attached hydrogens (tertiary/aromatic N) is 2. The van der Waals surface area contributed by atoms with Crippen molar-refractivity contribution in [2.24, 2.45) is 0 Å². The van der Waals surface area contributed by atoms with Gasteiger partial charge in [-0.2, -0.15) is 5.26 Å². The second-order valence-corrected chi connectivity index (χ2v) is 6.02. The van der Waals surface area contributed by atoms with Crippen LogP contribution in [-0.2, 0) is 11.3 Å². The topological polar surface area (TPSA) is 56.1 Å². The van der Waals surface area contributed by atoms with Crippen LogP contribution in [0.4, 0.5) is 4.39 Å². The predicted octanol–water partition coefficient (Wildman–Crippen LogP) is 2.43. The molecule has 0 saturated carbocycles. The summed E-state index contributed by atoms with van der Waals surface area (Å²) in [6, 6.07) is 6.30. The monoisotopic (exact) mass is 291 g/mol. The van der Waals surface area contributed by atoms with Gasteiger partial charge in [-0.25, -0.2) is 4.39 Å². The lowest BCUT2D eigenvalue weighted by Gasteiger charge is -2.25. The van der Waals surface area contributed by atoms with E-state index in [2.05, 4.69) is 5.32 Å². The third kappa shape index (κ3) is 5.92. The lowest BCUT2D eigenvalue weighted by atomic mass is 10.1. The zero-order valence-corrected chi connectivity index (χ0v) is 13.0. The normalized spacial score (nSPS) is 11.3. The number of carbonyl (C=O) groups is 1. The summed E-state index contributed by atoms with van der Waals surface area (Å²) in [5, 5.41) is 11.6. The summed E-state index contributed by atoms with van der Waals surface area (Å²) < 4.78 is 13.9. The number of amides is 1. The molecule has 0 heterocycles. The zero-order valence-electron chi connectivity index (χ0n) is 13.0. The Hall–Kier alpha value is -1.93. The van der Waals surface area contributed by atoms with Gasteiger partial charge in [0.25, 0.3) is 0 Å². The highest BCUT2D eigenvalue weighted by Gasteiger charge is 2.17. The minimum atomic E-state index is -0.413. The van der Waals surface area contributed by atoms with Crippen molar-refractivity contribution in [1.82, 2.24) is 10.2 Å². The molecule has 0 aliphatic heterocycles. The van der Waals surface area contributed by atoms with E-state index >= 15 is 0 Å². The summed E-state index contributed by atoms with van der Waals surface area (Å²) in [5.74, 6) is -0.498. The molecule has 0 aliphatic rings. The van der Waals surface area contributed by atoms with E-state index in [4.69, 9.17) is 5.26 Å². The molecule has 0 unspecified atom stereocenters. The molecule has 0 saturated heterocycles. The summed E-state index contributed by atoms with van der Waals surface area (Å²) >= 11 is 0. The molecule has 114 valence electrons. The van der Waals surface area contributed by atoms with Gasteiger partial charge in [0, 0.05) is 17.6 Å². The lowest BCUT2D eigenvalue weighted by Crippen LogP contribution is -2.45. The van der Waals surface area contributed by atoms with Crippen molar-refractivity contribution in [3.8, 4) is 6.07 Å². The van der Waals surface area contributed by atoms with E-state index < -0.39 is 5.82 Å². The van der Waals surface area contributed by atoms with Crippen LogP contribution in [-0.4, -0.2) is 29.4 Å². The zero-order chi connectivity index (χ0) is 16.0. The van der Waals surface area contributed by atoms with Crippen molar-refractivity contribution in [3.05, 3.63) is 35.1 Å². The van der Waals surface area contributed by atoms with Gasteiger partial charge < -0.3 is 5.32 Å². The Bertz CT molecular complexity index is 543. The van der Waals surface area contributed by atoms with E-state index in [1.807, 2.05) is 38.7 Å². The standard InChI is InChI=1S/C16H22FN3O/c1-5-20(11-15(21)19-16(2,3)4)10-13-7-6-12(9-18)8-14(13)17/h6-8H,5,10-11H2,1-4H3,(H,19,21). The van der Waals surface area contributed by atoms with Crippen molar-refractivity contribution < 1.29 is 9.18 Å². The maximum atomic E-state index is 13.9. The Morgan fingerprint density at radius 2 is 2.10 bits per heavy atom. The van der Waals surface area contributed by atoms with Gasteiger partial charge in [-0.05, 0) is 39.4 Å². The SMILES string of the molecule is CCN(CC(=O)NC(C)(C)C)Cc1ccc(C#N)cc1F. The molecule has 4 nitrogen and oxygen atoms in total. The van der Waals surface area contributed by atoms with Gasteiger partial charge >= 0.3 is 0 Å². The van der Waals surface area contributed by atoms with Gasteiger partial charge in [-0.15, -0.1) is 0 Å². The minimum absolute atomic E-state index is 0.0848. The van der Waals surface area contributed by atoms with Crippen LogP contribution < -0.4 is 5.32 Å². The minimum Gasteiger partial charge on any atom is -0.350 e. The molecule has 0 aliphatic carbocycles. The Balaban J connectivity index is 2.70. The molecule has 0 atom stereocenters. The fourth-order valence-corrected chi connectivity index (χ4v) is 1.93. The number of nitriles is 1. The van der Waals surface area contributed by atoms with Gasteiger partial charge in [0.15, 0.2) is 0 Å². The average Bonchev–Trinajstić information content (AvgIpc) is 2.37. The molecule has 0 fully saturated rings. The summed E-state index contributed by atoms with van der Waals surface area (Å²) in [5.41, 5.74) is 0.500. The first-order chi connectivity index (χ1) is 9.75. The number of hydrogen-bond donors (Lipinski definition) is 1. The smallest absolute Gasteiger partial charge is 0.234 e. The molecule has 21 heavy (non-hydrogen) atoms. The van der Waals surface area contributed by atoms with Crippen LogP contribution in [0.3, 0.4) is 0 Å². The maximum Gasteiger partial charge on any atom is 0.234 e. The van der Waals surface area contributed by atoms with Gasteiger partial charge in [0.2, 0.25) is 5.91 Å². The first-order valence-corrected chi connectivity index (χ1v) is 6.97. The van der Waals surface area contributed by atoms with Crippen LogP contribution in [0.25, 0.3) is 0 Å². The van der Waals surface area contributed by atoms with Crippen molar-refractivity contribution in [2.75, 3.05) is 13.1 Å². The van der Waals surface area contributed by atoms with Crippen LogP contribution in [0.1, 0.15) is 38.8 Å². The highest BCUT2D eigenvalue weighted by Crippen LogP contribution is 2.12. The molecular weight excluding hydrogens is 269 g/mol. The van der Waals surface area contributed by atoms with Crippen molar-refractivity contribution in [2.45, 2.75) is 39.8 Å². The van der Waals surface area contributed by atoms with E-state index in [9.17, 15) is 9.18 Å². The number of rotatable bonds is 5. The third-order valence-corrected chi connectivity index (χ3v) is 2.90. The molecule has 1 aromatic carbocycles. The molecule has 5 heteroatoms. The van der Waals surface area contributed by atoms with E-state index in [0.717, 1.165) is 0 Å². The van der Waals surface area contributed by atoms with Gasteiger partial charge in [-0.3, -0.25) is 9.69 Å². The van der Waals surface area contributed by atoms with E-state index in [-0.39, 0.29) is 18.0 Å². The largest absolute Gasteiger partial charge is 0.350 e. The van der Waals surface area contributed by atoms with E-state index in [0.29, 0.717) is 24.2 Å². The third-order valence-electron chi connectivity index (χ3n) is 2.90. The van der Waals surface area contributed by atoms with Crippen LogP contribution in [0.2, 0.25) is 0 Å². The number of carbonyl (C=O) groups excluding carboxylic acids is 1. The molecule has 1 aromatic rings. The number of likely N-dealkylation sites (N-methyl/N-ethyl adjacent to an activating group) is 1. The first-order valence-electron chi connectivity index (χ1n) is 6.97. The molecule has 0 aromatic heterocycles. The number of hydrogen-bond acceptors (Lipinski definition) is 3. The fourth-order valence-electron chi connectivity index (χ4n) is 1.93. The van der Waals surface area contributed by atoms with Crippen LogP contribution in [0.5, 0.6) is 0 Å². The van der Waals surface area contributed by atoms with E-state index in [1.54, 1.807) is 12.1 Å². The van der Waals surface area contributed by atoms with Crippen molar-refractivity contribution >= 4 is 5.91 Å². The molecule has 1 rings (SSSR count). The highest BCUT2D eigenvalue weighted by atomic mass is 19.1. The van der Waals surface area contributed by atoms with Crippen LogP contribution in [0.15, 0.2) is 18.2 Å². The number of halogens is 1. The number of benzene rings is 1. The second kappa shape index (κ2) is 7.19. The molecule has 0 spiro atoms. The highest BCUT2D eigenvalue weighted by molar-refractivity contribution is 5.78. The average molecular weight is 291 g/mol. The Morgan fingerprint density at radius 1 is 1.43 bits per heavy atom. The molecule has 1 N–H and O–H groups in total. The number of nitrogens with one attached hydrogen (secondary N) is 1. The van der Waals surface area contributed by atoms with Crippen LogP contribution >= 0.6 is 0 Å². The fraction of sp³-hybridized carbons (Fsp3) is 0.500. The Morgan fingerprint density at radius 3 is 2.57 bits per heavy atom. The quantitative estimate of drug-likeness (QED) is 0.906. The molecule has 0 radical (unpaired) electrons. The Kier molecular flexibility index (Phi) is 5.86. The summed E-state index contributed by atoms with van der Waals surface area (Å²) in [6.45, 7) is 8.87. The summed E-state index contributed by atoms with van der Waals surface area (Å²) in [7, 11) is 0. The molecule has 0 bridgehead atoms. The predicted molar refractivity (Wildman–Crippen MR) is 80.0 cm³/mol. The molecule has 1 amide bonds. The van der Waals surface area contributed by atoms with E-state index in [1.165, 1.54) is 6.07 Å². The summed E-state index contributed by atoms with van der Waals surface area (Å²) in [4.78, 5) is 13.8. The van der Waals surface area contributed by atoms with Gasteiger partial charge in [0.1, 0.15) is 5.82 Å². The molecular formula is C16H22FN3O. The van der Waals surface area contributed by atoms with Gasteiger partial charge in [0.05, 0.1) is 18.2 Å². The summed E-state index contributed by atoms with van der Waals surface area (Å²) in [6.07, 6.45) is 0. The van der Waals surface area contributed by atoms with Crippen molar-refractivity contribution in [3.63, 3.8) is 0 Å². The first kappa shape index (κ1) is 17.1. The lowest BCUT2D eigenvalue weighted by molar-refractivity contribution is -0.123. The maximum absolute atomic E-state index is 13.9. The van der Waals surface area contributed by atoms with Crippen molar-refractivity contribution in [1.29, 1.82) is 5.26 Å². The Labute approximate surface area is 125 Å². The van der Waals surface area contributed by atoms with Crippen LogP contribution in [0, 0.1) is 17.1 Å².